The highest BCUT2D eigenvalue weighted by molar-refractivity contribution is 7.47. The molecule has 0 aromatic carbocycles. The Hall–Kier alpha value is -1.62. The molecule has 0 spiro atoms. The lowest BCUT2D eigenvalue weighted by atomic mass is 9.88. The number of hydrogen-bond acceptors (Lipinski definition) is 9. The molecule has 0 aliphatic carbocycles. The number of ether oxygens (including phenoxy) is 2. The maximum Gasteiger partial charge on any atom is 0.472 e. The Morgan fingerprint density at radius 2 is 2.30 bits per heavy atom. The third-order valence-corrected chi connectivity index (χ3v) is 5.78. The van der Waals surface area contributed by atoms with Crippen molar-refractivity contribution in [3.05, 3.63) is 12.7 Å². The van der Waals surface area contributed by atoms with Crippen molar-refractivity contribution in [1.29, 1.82) is 0 Å². The molecule has 3 N–H and O–H groups in total. The molecule has 0 radical (unpaired) electrons. The van der Waals surface area contributed by atoms with Gasteiger partial charge < -0.3 is 20.1 Å². The minimum absolute atomic E-state index is 0.119. The molecule has 2 aromatic rings. The van der Waals surface area contributed by atoms with Crippen LogP contribution in [0.15, 0.2) is 12.7 Å². The molecule has 1 fully saturated rings. The van der Waals surface area contributed by atoms with Crippen LogP contribution in [0.25, 0.3) is 11.2 Å². The second-order valence-electron chi connectivity index (χ2n) is 6.29. The molecule has 1 aliphatic heterocycles. The van der Waals surface area contributed by atoms with Gasteiger partial charge in [-0.25, -0.2) is 19.5 Å². The average molecular weight is 401 g/mol. The van der Waals surface area contributed by atoms with Gasteiger partial charge in [-0.15, -0.1) is 0 Å². The number of aromatic nitrogens is 4. The van der Waals surface area contributed by atoms with Crippen LogP contribution in [0.3, 0.4) is 0 Å². The highest BCUT2D eigenvalue weighted by atomic mass is 31.2. The summed E-state index contributed by atoms with van der Waals surface area (Å²) in [6.07, 6.45) is 2.70. The molecule has 11 nitrogen and oxygen atoms in total. The smallest absolute Gasteiger partial charge is 0.382 e. The number of phosphoric ester groups is 1. The van der Waals surface area contributed by atoms with E-state index in [1.807, 2.05) is 13.8 Å². The number of imidazole rings is 1. The van der Waals surface area contributed by atoms with Crippen molar-refractivity contribution in [3.63, 3.8) is 0 Å². The van der Waals surface area contributed by atoms with Gasteiger partial charge in [0.2, 0.25) is 0 Å². The molecule has 3 heterocycles. The number of rotatable bonds is 7. The predicted molar refractivity (Wildman–Crippen MR) is 95.7 cm³/mol. The summed E-state index contributed by atoms with van der Waals surface area (Å²) in [6, 6.07) is 0. The first-order valence-electron chi connectivity index (χ1n) is 8.57. The molecule has 150 valence electrons. The summed E-state index contributed by atoms with van der Waals surface area (Å²) in [5.74, 6) is 0.282. The Kier molecular flexibility index (Phi) is 5.80. The zero-order valence-electron chi connectivity index (χ0n) is 15.4. The summed E-state index contributed by atoms with van der Waals surface area (Å²) in [5.41, 5.74) is 6.01. The number of nitrogen functional groups attached to an aromatic ring is 1. The normalized spacial score (nSPS) is 26.7. The molecule has 0 bridgehead atoms. The molecule has 27 heavy (non-hydrogen) atoms. The number of hydrogen-bond donors (Lipinski definition) is 2. The van der Waals surface area contributed by atoms with Crippen LogP contribution in [-0.2, 0) is 23.1 Å². The molecular weight excluding hydrogens is 377 g/mol. The summed E-state index contributed by atoms with van der Waals surface area (Å²) in [5, 5.41) is 0. The Labute approximate surface area is 156 Å². The molecule has 1 aliphatic rings. The SMILES string of the molecule is CC[C@]1(OC(C)n2cnc3c(N)ncnc32)CCOCC1OP(=O)(O)OC. The molecule has 12 heteroatoms. The summed E-state index contributed by atoms with van der Waals surface area (Å²) in [4.78, 5) is 22.1. The standard InChI is InChI=1S/C15H24N5O6P/c1-4-15(5-6-24-7-11(15)26-27(21,22)23-3)25-10(2)20-9-19-12-13(16)17-8-18-14(12)20/h8-11H,4-7H2,1-3H3,(H,21,22)(H2,16,17,18)/t10?,11?,15-/m0/s1. The van der Waals surface area contributed by atoms with Crippen LogP contribution in [0.1, 0.15) is 32.9 Å². The van der Waals surface area contributed by atoms with Crippen LogP contribution in [-0.4, -0.2) is 56.4 Å². The first-order valence-corrected chi connectivity index (χ1v) is 10.1. The Morgan fingerprint density at radius 3 is 3.00 bits per heavy atom. The molecule has 2 aromatic heterocycles. The van der Waals surface area contributed by atoms with Crippen molar-refractivity contribution in [2.75, 3.05) is 26.1 Å². The summed E-state index contributed by atoms with van der Waals surface area (Å²) in [7, 11) is -3.09. The minimum Gasteiger partial charge on any atom is -0.382 e. The third-order valence-electron chi connectivity index (χ3n) is 4.80. The van der Waals surface area contributed by atoms with Crippen LogP contribution in [0.5, 0.6) is 0 Å². The van der Waals surface area contributed by atoms with Gasteiger partial charge in [0.15, 0.2) is 11.5 Å². The van der Waals surface area contributed by atoms with E-state index in [-0.39, 0.29) is 12.4 Å². The van der Waals surface area contributed by atoms with E-state index in [9.17, 15) is 9.46 Å². The lowest BCUT2D eigenvalue weighted by molar-refractivity contribution is -0.213. The quantitative estimate of drug-likeness (QED) is 0.657. The van der Waals surface area contributed by atoms with Crippen LogP contribution in [0, 0.1) is 0 Å². The molecule has 3 unspecified atom stereocenters. The van der Waals surface area contributed by atoms with Crippen molar-refractivity contribution in [1.82, 2.24) is 19.5 Å². The van der Waals surface area contributed by atoms with Crippen LogP contribution in [0.2, 0.25) is 0 Å². The minimum atomic E-state index is -4.20. The second kappa shape index (κ2) is 7.78. The van der Waals surface area contributed by atoms with Crippen molar-refractivity contribution in [2.45, 2.75) is 44.6 Å². The monoisotopic (exact) mass is 401 g/mol. The zero-order chi connectivity index (χ0) is 19.7. The summed E-state index contributed by atoms with van der Waals surface area (Å²) in [6.45, 7) is 4.32. The van der Waals surface area contributed by atoms with Gasteiger partial charge in [0.1, 0.15) is 29.8 Å². The van der Waals surface area contributed by atoms with Crippen molar-refractivity contribution < 1.29 is 28.0 Å². The highest BCUT2D eigenvalue weighted by Crippen LogP contribution is 2.48. The molecule has 4 atom stereocenters. The fourth-order valence-corrected chi connectivity index (χ4v) is 3.89. The van der Waals surface area contributed by atoms with E-state index in [0.29, 0.717) is 30.6 Å². The maximum absolute atomic E-state index is 11.9. The van der Waals surface area contributed by atoms with Crippen molar-refractivity contribution in [3.8, 4) is 0 Å². The van der Waals surface area contributed by atoms with E-state index >= 15 is 0 Å². The van der Waals surface area contributed by atoms with Gasteiger partial charge in [-0.1, -0.05) is 6.92 Å². The molecule has 1 saturated heterocycles. The van der Waals surface area contributed by atoms with Crippen molar-refractivity contribution in [2.24, 2.45) is 0 Å². The summed E-state index contributed by atoms with van der Waals surface area (Å²) >= 11 is 0. The molecule has 0 amide bonds. The van der Waals surface area contributed by atoms with Crippen LogP contribution >= 0.6 is 7.82 Å². The van der Waals surface area contributed by atoms with Gasteiger partial charge in [0.05, 0.1) is 12.9 Å². The fourth-order valence-electron chi connectivity index (χ4n) is 3.23. The number of phosphoric acid groups is 1. The van der Waals surface area contributed by atoms with Gasteiger partial charge in [-0.2, -0.15) is 0 Å². The molecule has 0 saturated carbocycles. The van der Waals surface area contributed by atoms with E-state index in [4.69, 9.17) is 19.7 Å². The lowest BCUT2D eigenvalue weighted by Crippen LogP contribution is -2.52. The van der Waals surface area contributed by atoms with E-state index in [1.54, 1.807) is 10.9 Å². The van der Waals surface area contributed by atoms with E-state index in [0.717, 1.165) is 7.11 Å². The van der Waals surface area contributed by atoms with Crippen LogP contribution in [0.4, 0.5) is 5.82 Å². The highest BCUT2D eigenvalue weighted by Gasteiger charge is 2.46. The second-order valence-corrected chi connectivity index (χ2v) is 7.80. The van der Waals surface area contributed by atoms with Gasteiger partial charge in [0, 0.05) is 20.1 Å². The van der Waals surface area contributed by atoms with E-state index < -0.39 is 25.8 Å². The van der Waals surface area contributed by atoms with Gasteiger partial charge in [-0.3, -0.25) is 13.6 Å². The van der Waals surface area contributed by atoms with Gasteiger partial charge in [0.25, 0.3) is 0 Å². The Balaban J connectivity index is 1.88. The summed E-state index contributed by atoms with van der Waals surface area (Å²) < 4.78 is 35.3. The zero-order valence-corrected chi connectivity index (χ0v) is 16.3. The van der Waals surface area contributed by atoms with E-state index in [2.05, 4.69) is 19.5 Å². The first kappa shape index (κ1) is 20.1. The number of nitrogens with two attached hydrogens (primary N) is 1. The van der Waals surface area contributed by atoms with Crippen LogP contribution < -0.4 is 5.73 Å². The average Bonchev–Trinajstić information content (AvgIpc) is 3.09. The topological polar surface area (TPSA) is 144 Å². The number of fused-ring (bicyclic) bond motifs is 1. The largest absolute Gasteiger partial charge is 0.472 e. The fraction of sp³-hybridized carbons (Fsp3) is 0.667. The first-order chi connectivity index (χ1) is 12.8. The Morgan fingerprint density at radius 1 is 1.52 bits per heavy atom. The van der Waals surface area contributed by atoms with Gasteiger partial charge in [-0.05, 0) is 13.3 Å². The molecular formula is C15H24N5O6P. The maximum atomic E-state index is 11.9. The lowest BCUT2D eigenvalue weighted by Gasteiger charge is -2.44. The number of nitrogens with zero attached hydrogens (tertiary/aromatic N) is 4. The Bertz CT molecular complexity index is 847. The predicted octanol–water partition coefficient (Wildman–Crippen LogP) is 1.64. The third kappa shape index (κ3) is 3.98. The van der Waals surface area contributed by atoms with Crippen molar-refractivity contribution >= 4 is 24.8 Å². The number of anilines is 1. The molecule has 3 rings (SSSR count). The van der Waals surface area contributed by atoms with Gasteiger partial charge >= 0.3 is 7.82 Å². The van der Waals surface area contributed by atoms with E-state index in [1.165, 1.54) is 6.33 Å².